The summed E-state index contributed by atoms with van der Waals surface area (Å²) < 4.78 is 27.5. The second kappa shape index (κ2) is 4.52. The number of carbonyl (C=O) groups is 1. The van der Waals surface area contributed by atoms with E-state index in [1.165, 1.54) is 7.05 Å². The molecular weight excluding hydrogens is 284 g/mol. The molecule has 1 aromatic heterocycles. The summed E-state index contributed by atoms with van der Waals surface area (Å²) >= 11 is 0. The molecule has 1 saturated carbocycles. The van der Waals surface area contributed by atoms with Crippen LogP contribution in [0.2, 0.25) is 0 Å². The minimum Gasteiger partial charge on any atom is -0.480 e. The van der Waals surface area contributed by atoms with Crippen molar-refractivity contribution in [2.24, 2.45) is 18.9 Å². The van der Waals surface area contributed by atoms with Gasteiger partial charge in [0.2, 0.25) is 0 Å². The molecule has 20 heavy (non-hydrogen) atoms. The van der Waals surface area contributed by atoms with E-state index in [1.54, 1.807) is 0 Å². The zero-order chi connectivity index (χ0) is 14.5. The number of aromatic nitrogens is 3. The summed E-state index contributed by atoms with van der Waals surface area (Å²) in [6.45, 7) is 0.273. The van der Waals surface area contributed by atoms with E-state index in [0.717, 1.165) is 34.4 Å². The Bertz CT molecular complexity index is 641. The lowest BCUT2D eigenvalue weighted by Gasteiger charge is -2.23. The molecule has 0 spiro atoms. The Balaban J connectivity index is 2.01. The molecule has 0 bridgehead atoms. The van der Waals surface area contributed by atoms with Gasteiger partial charge >= 0.3 is 5.97 Å². The molecule has 2 aliphatic rings. The lowest BCUT2D eigenvalue weighted by molar-refractivity contribution is -0.142. The number of carboxylic acid groups (broad SMARTS) is 1. The summed E-state index contributed by atoms with van der Waals surface area (Å²) in [5, 5.41) is 16.5. The van der Waals surface area contributed by atoms with E-state index in [0.29, 0.717) is 0 Å². The van der Waals surface area contributed by atoms with Gasteiger partial charge in [-0.3, -0.25) is 4.79 Å². The van der Waals surface area contributed by atoms with Gasteiger partial charge in [0.1, 0.15) is 6.04 Å². The largest absolute Gasteiger partial charge is 0.480 e. The first kappa shape index (κ1) is 13.5. The van der Waals surface area contributed by atoms with Gasteiger partial charge in [-0.2, -0.15) is 4.31 Å². The van der Waals surface area contributed by atoms with E-state index < -0.39 is 22.0 Å². The van der Waals surface area contributed by atoms with E-state index in [9.17, 15) is 18.3 Å². The third kappa shape index (κ3) is 1.84. The SMILES string of the molecule is Cn1nncc1S(=O)(=O)N1C[C@@H]2CCC[C@@H]2[C@@H]1C(=O)O. The maximum Gasteiger partial charge on any atom is 0.322 e. The lowest BCUT2D eigenvalue weighted by Crippen LogP contribution is -2.43. The van der Waals surface area contributed by atoms with Crippen molar-refractivity contribution in [1.82, 2.24) is 19.3 Å². The molecule has 2 fully saturated rings. The third-order valence-electron chi connectivity index (χ3n) is 4.35. The monoisotopic (exact) mass is 300 g/mol. The fourth-order valence-corrected chi connectivity index (χ4v) is 5.18. The van der Waals surface area contributed by atoms with Crippen LogP contribution >= 0.6 is 0 Å². The fourth-order valence-electron chi connectivity index (χ4n) is 3.45. The highest BCUT2D eigenvalue weighted by atomic mass is 32.2. The van der Waals surface area contributed by atoms with Crippen molar-refractivity contribution in [2.75, 3.05) is 6.54 Å². The number of hydrogen-bond donors (Lipinski definition) is 1. The van der Waals surface area contributed by atoms with Crippen molar-refractivity contribution in [3.05, 3.63) is 6.20 Å². The highest BCUT2D eigenvalue weighted by Gasteiger charge is 2.52. The molecule has 1 saturated heterocycles. The molecule has 1 N–H and O–H groups in total. The molecule has 1 aliphatic heterocycles. The molecule has 0 unspecified atom stereocenters. The average Bonchev–Trinajstić information content (AvgIpc) is 3.00. The molecule has 3 rings (SSSR count). The van der Waals surface area contributed by atoms with Crippen LogP contribution in [0, 0.1) is 11.8 Å². The van der Waals surface area contributed by atoms with Crippen LogP contribution in [0.4, 0.5) is 0 Å². The van der Waals surface area contributed by atoms with Crippen molar-refractivity contribution in [3.63, 3.8) is 0 Å². The maximum absolute atomic E-state index is 12.6. The Hall–Kier alpha value is -1.48. The molecule has 0 aromatic carbocycles. The Morgan fingerprint density at radius 2 is 2.20 bits per heavy atom. The number of sulfonamides is 1. The standard InChI is InChI=1S/C11H16N4O4S/c1-14-9(5-12-13-14)20(18,19)15-6-7-3-2-4-8(7)10(15)11(16)17/h5,7-8,10H,2-4,6H2,1H3,(H,16,17)/t7-,8-,10+/m0/s1. The Morgan fingerprint density at radius 3 is 2.80 bits per heavy atom. The highest BCUT2D eigenvalue weighted by Crippen LogP contribution is 2.44. The minimum atomic E-state index is -3.87. The normalized spacial score (nSPS) is 30.6. The predicted molar refractivity (Wildman–Crippen MR) is 67.1 cm³/mol. The molecule has 0 radical (unpaired) electrons. The molecule has 9 heteroatoms. The molecule has 0 amide bonds. The third-order valence-corrected chi connectivity index (χ3v) is 6.24. The zero-order valence-electron chi connectivity index (χ0n) is 11.0. The second-order valence-corrected chi connectivity index (χ2v) is 7.25. The average molecular weight is 300 g/mol. The summed E-state index contributed by atoms with van der Waals surface area (Å²) in [5.74, 6) is -1.01. The quantitative estimate of drug-likeness (QED) is 0.821. The topological polar surface area (TPSA) is 105 Å². The van der Waals surface area contributed by atoms with Crippen LogP contribution in [-0.2, 0) is 21.9 Å². The van der Waals surface area contributed by atoms with Crippen LogP contribution in [0.5, 0.6) is 0 Å². The first-order valence-electron chi connectivity index (χ1n) is 6.52. The van der Waals surface area contributed by atoms with Crippen molar-refractivity contribution in [2.45, 2.75) is 30.3 Å². The summed E-state index contributed by atoms with van der Waals surface area (Å²) in [5.41, 5.74) is 0. The molecule has 8 nitrogen and oxygen atoms in total. The van der Waals surface area contributed by atoms with Crippen LogP contribution in [0.15, 0.2) is 11.2 Å². The first-order chi connectivity index (χ1) is 9.43. The number of carboxylic acids is 1. The Morgan fingerprint density at radius 1 is 1.45 bits per heavy atom. The van der Waals surface area contributed by atoms with E-state index in [-0.39, 0.29) is 23.4 Å². The van der Waals surface area contributed by atoms with Crippen LogP contribution in [-0.4, -0.2) is 51.4 Å². The van der Waals surface area contributed by atoms with Gasteiger partial charge in [-0.15, -0.1) is 5.10 Å². The van der Waals surface area contributed by atoms with Gasteiger partial charge in [0, 0.05) is 13.6 Å². The van der Waals surface area contributed by atoms with Crippen LogP contribution in [0.3, 0.4) is 0 Å². The van der Waals surface area contributed by atoms with Crippen molar-refractivity contribution < 1.29 is 18.3 Å². The van der Waals surface area contributed by atoms with Gasteiger partial charge in [0.15, 0.2) is 5.03 Å². The fraction of sp³-hybridized carbons (Fsp3) is 0.727. The predicted octanol–water partition coefficient (Wildman–Crippen LogP) is -0.311. The van der Waals surface area contributed by atoms with Crippen LogP contribution < -0.4 is 0 Å². The number of nitrogens with zero attached hydrogens (tertiary/aromatic N) is 4. The van der Waals surface area contributed by atoms with Crippen LogP contribution in [0.1, 0.15) is 19.3 Å². The number of rotatable bonds is 3. The number of aryl methyl sites for hydroxylation is 1. The number of hydrogen-bond acceptors (Lipinski definition) is 5. The number of aliphatic carboxylic acids is 1. The van der Waals surface area contributed by atoms with E-state index in [4.69, 9.17) is 0 Å². The smallest absolute Gasteiger partial charge is 0.322 e. The molecule has 2 heterocycles. The Labute approximate surface area is 116 Å². The lowest BCUT2D eigenvalue weighted by atomic mass is 9.94. The second-order valence-electron chi connectivity index (χ2n) is 5.41. The van der Waals surface area contributed by atoms with E-state index >= 15 is 0 Å². The van der Waals surface area contributed by atoms with E-state index in [2.05, 4.69) is 10.3 Å². The van der Waals surface area contributed by atoms with Gasteiger partial charge in [0.05, 0.1) is 6.20 Å². The summed E-state index contributed by atoms with van der Waals surface area (Å²) in [7, 11) is -2.39. The summed E-state index contributed by atoms with van der Waals surface area (Å²) in [4.78, 5) is 11.5. The highest BCUT2D eigenvalue weighted by molar-refractivity contribution is 7.89. The maximum atomic E-state index is 12.6. The molecule has 1 aliphatic carbocycles. The van der Waals surface area contributed by atoms with Gasteiger partial charge in [-0.05, 0) is 24.7 Å². The van der Waals surface area contributed by atoms with Gasteiger partial charge < -0.3 is 5.11 Å². The zero-order valence-corrected chi connectivity index (χ0v) is 11.8. The molecule has 3 atom stereocenters. The van der Waals surface area contributed by atoms with Crippen molar-refractivity contribution in [1.29, 1.82) is 0 Å². The van der Waals surface area contributed by atoms with E-state index in [1.807, 2.05) is 0 Å². The van der Waals surface area contributed by atoms with Crippen molar-refractivity contribution in [3.8, 4) is 0 Å². The van der Waals surface area contributed by atoms with Crippen molar-refractivity contribution >= 4 is 16.0 Å². The minimum absolute atomic E-state index is 0.0660. The molecule has 1 aromatic rings. The molecule has 110 valence electrons. The molecular formula is C11H16N4O4S. The number of fused-ring (bicyclic) bond motifs is 1. The first-order valence-corrected chi connectivity index (χ1v) is 7.96. The van der Waals surface area contributed by atoms with Gasteiger partial charge in [0.25, 0.3) is 10.0 Å². The van der Waals surface area contributed by atoms with Crippen LogP contribution in [0.25, 0.3) is 0 Å². The summed E-state index contributed by atoms with van der Waals surface area (Å²) in [6.07, 6.45) is 3.80. The summed E-state index contributed by atoms with van der Waals surface area (Å²) in [6, 6.07) is -0.970. The van der Waals surface area contributed by atoms with Gasteiger partial charge in [-0.1, -0.05) is 11.6 Å². The Kier molecular flexibility index (Phi) is 3.05. The van der Waals surface area contributed by atoms with Gasteiger partial charge in [-0.25, -0.2) is 13.1 Å².